The average Bonchev–Trinajstić information content (AvgIpc) is 2.57. The molecule has 1 aliphatic carbocycles. The van der Waals surface area contributed by atoms with E-state index in [0.717, 1.165) is 19.3 Å². The Morgan fingerprint density at radius 1 is 0.750 bits per heavy atom. The molecule has 0 bridgehead atoms. The van der Waals surface area contributed by atoms with Crippen LogP contribution >= 0.6 is 0 Å². The van der Waals surface area contributed by atoms with Gasteiger partial charge in [-0.25, -0.2) is 0 Å². The van der Waals surface area contributed by atoms with Crippen LogP contribution in [-0.2, 0) is 22.1 Å². The Balaban J connectivity index is 3.14. The van der Waals surface area contributed by atoms with Gasteiger partial charge in [0.25, 0.3) is 0 Å². The van der Waals surface area contributed by atoms with E-state index in [-0.39, 0.29) is 0 Å². The first kappa shape index (κ1) is 22.0. The molecule has 0 aliphatic heterocycles. The smallest absolute Gasteiger partial charge is 0.394 e. The van der Waals surface area contributed by atoms with Gasteiger partial charge in [-0.1, -0.05) is 12.2 Å². The van der Waals surface area contributed by atoms with Crippen molar-refractivity contribution in [2.45, 2.75) is 65.1 Å². The van der Waals surface area contributed by atoms with Gasteiger partial charge in [0.05, 0.1) is 5.67 Å². The zero-order valence-electron chi connectivity index (χ0n) is 16.1. The van der Waals surface area contributed by atoms with Gasteiger partial charge < -0.3 is 22.1 Å². The van der Waals surface area contributed by atoms with Crippen molar-refractivity contribution >= 4 is 17.4 Å². The van der Waals surface area contributed by atoms with E-state index in [9.17, 15) is 0 Å². The Hall–Kier alpha value is -0.0262. The Kier molecular flexibility index (Phi) is 10.6. The molecule has 142 valence electrons. The van der Waals surface area contributed by atoms with Crippen LogP contribution in [0, 0.1) is 0 Å². The fraction of sp³-hybridized carbons (Fsp3) is 0.882. The standard InChI is InChI=1S/C17H36O5Si2/c1-6-18-23(19-7-2,17-14-12-11-13-15-17)16-24(20-8-3,21-9-4)22-10-5/h11-12,17H,6-10,13-16H2,1-5H3. The summed E-state index contributed by atoms with van der Waals surface area (Å²) in [7, 11) is -5.31. The lowest BCUT2D eigenvalue weighted by Crippen LogP contribution is -2.59. The lowest BCUT2D eigenvalue weighted by molar-refractivity contribution is 0.0691. The van der Waals surface area contributed by atoms with Gasteiger partial charge in [0.1, 0.15) is 0 Å². The van der Waals surface area contributed by atoms with E-state index in [1.54, 1.807) is 0 Å². The van der Waals surface area contributed by atoms with Crippen molar-refractivity contribution in [3.63, 3.8) is 0 Å². The molecule has 7 heteroatoms. The quantitative estimate of drug-likeness (QED) is 0.356. The third-order valence-corrected chi connectivity index (χ3v) is 13.4. The van der Waals surface area contributed by atoms with Gasteiger partial charge in [-0.15, -0.1) is 0 Å². The normalized spacial score (nSPS) is 19.0. The van der Waals surface area contributed by atoms with Crippen LogP contribution in [0.4, 0.5) is 0 Å². The third kappa shape index (κ3) is 6.05. The molecule has 0 saturated carbocycles. The Labute approximate surface area is 150 Å². The third-order valence-electron chi connectivity index (χ3n) is 4.22. The van der Waals surface area contributed by atoms with E-state index in [1.807, 2.05) is 34.6 Å². The zero-order valence-corrected chi connectivity index (χ0v) is 18.1. The van der Waals surface area contributed by atoms with Gasteiger partial charge in [-0.2, -0.15) is 0 Å². The molecule has 0 fully saturated rings. The highest BCUT2D eigenvalue weighted by molar-refractivity contribution is 6.84. The number of rotatable bonds is 13. The second kappa shape index (κ2) is 11.6. The summed E-state index contributed by atoms with van der Waals surface area (Å²) in [5.41, 5.74) is 1.10. The molecular weight excluding hydrogens is 340 g/mol. The van der Waals surface area contributed by atoms with Crippen molar-refractivity contribution in [3.05, 3.63) is 12.2 Å². The fourth-order valence-corrected chi connectivity index (χ4v) is 13.3. The van der Waals surface area contributed by atoms with Crippen molar-refractivity contribution in [2.24, 2.45) is 0 Å². The molecule has 0 aromatic heterocycles. The van der Waals surface area contributed by atoms with Crippen molar-refractivity contribution in [1.82, 2.24) is 0 Å². The van der Waals surface area contributed by atoms with E-state index >= 15 is 0 Å². The highest BCUT2D eigenvalue weighted by Crippen LogP contribution is 2.41. The molecule has 0 radical (unpaired) electrons. The van der Waals surface area contributed by atoms with E-state index < -0.39 is 17.4 Å². The molecule has 0 aromatic rings. The second-order valence-corrected chi connectivity index (χ2v) is 12.5. The van der Waals surface area contributed by atoms with Gasteiger partial charge in [0.15, 0.2) is 0 Å². The minimum absolute atomic E-state index is 0.427. The molecule has 5 nitrogen and oxygen atoms in total. The summed E-state index contributed by atoms with van der Waals surface area (Å²) in [6.45, 7) is 13.1. The van der Waals surface area contributed by atoms with Crippen LogP contribution in [0.1, 0.15) is 53.9 Å². The maximum absolute atomic E-state index is 6.38. The largest absolute Gasteiger partial charge is 0.502 e. The first-order valence-electron chi connectivity index (χ1n) is 9.46. The zero-order chi connectivity index (χ0) is 17.9. The second-order valence-electron chi connectivity index (χ2n) is 5.82. The van der Waals surface area contributed by atoms with E-state index in [0.29, 0.717) is 44.2 Å². The van der Waals surface area contributed by atoms with Crippen molar-refractivity contribution < 1.29 is 22.1 Å². The van der Waals surface area contributed by atoms with Crippen LogP contribution in [0.15, 0.2) is 12.2 Å². The lowest BCUT2D eigenvalue weighted by atomic mass is 10.1. The molecule has 1 aliphatic rings. The van der Waals surface area contributed by atoms with Gasteiger partial charge in [0, 0.05) is 38.6 Å². The maximum Gasteiger partial charge on any atom is 0.502 e. The van der Waals surface area contributed by atoms with E-state index in [1.165, 1.54) is 0 Å². The lowest BCUT2D eigenvalue weighted by Gasteiger charge is -2.41. The molecule has 0 amide bonds. The highest BCUT2D eigenvalue weighted by atomic mass is 28.4. The summed E-state index contributed by atoms with van der Waals surface area (Å²) in [4.78, 5) is 0. The summed E-state index contributed by atoms with van der Waals surface area (Å²) in [6, 6.07) is 0. The van der Waals surface area contributed by atoms with Crippen LogP contribution in [0.2, 0.25) is 11.2 Å². The SMILES string of the molecule is CCO[Si](C[Si](OCC)(OCC)C1CC=CCC1)(OCC)OCC. The number of hydrogen-bond acceptors (Lipinski definition) is 5. The predicted molar refractivity (Wildman–Crippen MR) is 101 cm³/mol. The summed E-state index contributed by atoms with van der Waals surface area (Å²) in [5, 5.41) is 0. The molecule has 0 N–H and O–H groups in total. The van der Waals surface area contributed by atoms with Gasteiger partial charge in [0.2, 0.25) is 0 Å². The molecule has 1 atom stereocenters. The molecule has 0 saturated heterocycles. The minimum atomic E-state index is -2.80. The number of hydrogen-bond donors (Lipinski definition) is 0. The van der Waals surface area contributed by atoms with Gasteiger partial charge in [-0.05, 0) is 53.9 Å². The number of allylic oxidation sites excluding steroid dienone is 2. The molecule has 1 unspecified atom stereocenters. The summed E-state index contributed by atoms with van der Waals surface area (Å²) in [5.74, 6) is 0. The Bertz CT molecular complexity index is 342. The van der Waals surface area contributed by atoms with Crippen molar-refractivity contribution in [3.8, 4) is 0 Å². The summed E-state index contributed by atoms with van der Waals surface area (Å²) < 4.78 is 31.1. The van der Waals surface area contributed by atoms with Crippen LogP contribution in [0.5, 0.6) is 0 Å². The molecule has 0 spiro atoms. The van der Waals surface area contributed by atoms with E-state index in [2.05, 4.69) is 12.2 Å². The molecule has 0 heterocycles. The van der Waals surface area contributed by atoms with E-state index in [4.69, 9.17) is 22.1 Å². The van der Waals surface area contributed by atoms with Gasteiger partial charge in [-0.3, -0.25) is 0 Å². The Morgan fingerprint density at radius 2 is 1.25 bits per heavy atom. The minimum Gasteiger partial charge on any atom is -0.394 e. The fourth-order valence-electron chi connectivity index (χ4n) is 3.45. The molecule has 24 heavy (non-hydrogen) atoms. The van der Waals surface area contributed by atoms with Gasteiger partial charge >= 0.3 is 17.4 Å². The topological polar surface area (TPSA) is 46.2 Å². The first-order valence-corrected chi connectivity index (χ1v) is 13.5. The molecule has 0 aromatic carbocycles. The van der Waals surface area contributed by atoms with Crippen LogP contribution < -0.4 is 0 Å². The summed E-state index contributed by atoms with van der Waals surface area (Å²) >= 11 is 0. The monoisotopic (exact) mass is 376 g/mol. The predicted octanol–water partition coefficient (Wildman–Crippen LogP) is 4.20. The summed E-state index contributed by atoms with van der Waals surface area (Å²) in [6.07, 6.45) is 7.73. The van der Waals surface area contributed by atoms with Crippen LogP contribution in [0.25, 0.3) is 0 Å². The Morgan fingerprint density at radius 3 is 1.62 bits per heavy atom. The highest BCUT2D eigenvalue weighted by Gasteiger charge is 2.56. The molecule has 1 rings (SSSR count). The van der Waals surface area contributed by atoms with Crippen molar-refractivity contribution in [2.75, 3.05) is 33.0 Å². The molecular formula is C17H36O5Si2. The average molecular weight is 377 g/mol. The van der Waals surface area contributed by atoms with Crippen molar-refractivity contribution in [1.29, 1.82) is 0 Å². The first-order chi connectivity index (χ1) is 11.6. The van der Waals surface area contributed by atoms with Crippen LogP contribution in [-0.4, -0.2) is 50.4 Å². The maximum atomic E-state index is 6.38. The van der Waals surface area contributed by atoms with Crippen LogP contribution in [0.3, 0.4) is 0 Å².